The third-order valence-electron chi connectivity index (χ3n) is 5.15. The first-order valence-electron chi connectivity index (χ1n) is 10.3. The molecule has 4 rings (SSSR count). The second kappa shape index (κ2) is 7.92. The Kier molecular flexibility index (Phi) is 5.31. The van der Waals surface area contributed by atoms with Crippen LogP contribution in [0.3, 0.4) is 0 Å². The zero-order valence-corrected chi connectivity index (χ0v) is 17.6. The highest BCUT2D eigenvalue weighted by molar-refractivity contribution is 5.98. The van der Waals surface area contributed by atoms with Crippen molar-refractivity contribution in [2.45, 2.75) is 51.8 Å². The molecule has 1 amide bonds. The van der Waals surface area contributed by atoms with Crippen molar-refractivity contribution in [3.8, 4) is 17.3 Å². The van der Waals surface area contributed by atoms with Gasteiger partial charge in [-0.3, -0.25) is 4.79 Å². The van der Waals surface area contributed by atoms with E-state index >= 15 is 0 Å². The van der Waals surface area contributed by atoms with Gasteiger partial charge >= 0.3 is 0 Å². The van der Waals surface area contributed by atoms with E-state index < -0.39 is 0 Å². The number of carbonyl (C=O) groups is 1. The van der Waals surface area contributed by atoms with E-state index in [4.69, 9.17) is 9.84 Å². The molecule has 1 aromatic heterocycles. The molecular formula is C24H26N4O2. The number of ether oxygens (including phenoxy) is 1. The number of hydrogen-bond donors (Lipinski definition) is 1. The maximum absolute atomic E-state index is 12.7. The monoisotopic (exact) mass is 402 g/mol. The number of fused-ring (bicyclic) bond motifs is 1. The van der Waals surface area contributed by atoms with Crippen molar-refractivity contribution in [2.75, 3.05) is 6.61 Å². The quantitative estimate of drug-likeness (QED) is 0.682. The van der Waals surface area contributed by atoms with Crippen molar-refractivity contribution >= 4 is 16.8 Å². The SMILES string of the molecule is CC(C)(C)NC(=O)c1cccc(-c2nn(C3CCCCO3)c3ccc(C#N)cc23)c1. The van der Waals surface area contributed by atoms with Gasteiger partial charge in [0.05, 0.1) is 17.1 Å². The van der Waals surface area contributed by atoms with Crippen LogP contribution in [0.5, 0.6) is 0 Å². The van der Waals surface area contributed by atoms with Crippen LogP contribution in [0.15, 0.2) is 42.5 Å². The highest BCUT2D eigenvalue weighted by Gasteiger charge is 2.23. The number of nitrogens with zero attached hydrogens (tertiary/aromatic N) is 3. The molecular weight excluding hydrogens is 376 g/mol. The lowest BCUT2D eigenvalue weighted by atomic mass is 10.0. The molecule has 1 fully saturated rings. The lowest BCUT2D eigenvalue weighted by molar-refractivity contribution is -0.0365. The number of nitriles is 1. The third-order valence-corrected chi connectivity index (χ3v) is 5.15. The predicted octanol–water partition coefficient (Wildman–Crippen LogP) is 4.80. The summed E-state index contributed by atoms with van der Waals surface area (Å²) in [5, 5.41) is 18.2. The van der Waals surface area contributed by atoms with Crippen LogP contribution < -0.4 is 5.32 Å². The summed E-state index contributed by atoms with van der Waals surface area (Å²) in [6.07, 6.45) is 2.95. The summed E-state index contributed by atoms with van der Waals surface area (Å²) in [5.41, 5.74) is 3.36. The second-order valence-corrected chi connectivity index (χ2v) is 8.74. The fourth-order valence-electron chi connectivity index (χ4n) is 3.78. The molecule has 1 unspecified atom stereocenters. The molecule has 6 nitrogen and oxygen atoms in total. The van der Waals surface area contributed by atoms with Gasteiger partial charge in [-0.2, -0.15) is 10.4 Å². The normalized spacial score (nSPS) is 16.9. The molecule has 2 heterocycles. The Balaban J connectivity index is 1.81. The van der Waals surface area contributed by atoms with Crippen molar-refractivity contribution in [3.63, 3.8) is 0 Å². The molecule has 1 saturated heterocycles. The Bertz CT molecular complexity index is 1130. The van der Waals surface area contributed by atoms with E-state index in [1.807, 2.05) is 55.8 Å². The molecule has 6 heteroatoms. The van der Waals surface area contributed by atoms with E-state index in [2.05, 4.69) is 11.4 Å². The molecule has 3 aromatic rings. The van der Waals surface area contributed by atoms with Crippen molar-refractivity contribution in [3.05, 3.63) is 53.6 Å². The first-order valence-corrected chi connectivity index (χ1v) is 10.3. The summed E-state index contributed by atoms with van der Waals surface area (Å²) in [6, 6.07) is 15.3. The topological polar surface area (TPSA) is 79.9 Å². The number of aromatic nitrogens is 2. The van der Waals surface area contributed by atoms with Crippen molar-refractivity contribution < 1.29 is 9.53 Å². The van der Waals surface area contributed by atoms with E-state index in [-0.39, 0.29) is 17.7 Å². The van der Waals surface area contributed by atoms with Crippen LogP contribution in [-0.2, 0) is 4.74 Å². The van der Waals surface area contributed by atoms with Gasteiger partial charge in [0.25, 0.3) is 5.91 Å². The van der Waals surface area contributed by atoms with Crippen LogP contribution in [0, 0.1) is 11.3 Å². The molecule has 154 valence electrons. The van der Waals surface area contributed by atoms with E-state index in [0.717, 1.165) is 48.0 Å². The minimum atomic E-state index is -0.318. The average molecular weight is 402 g/mol. The standard InChI is InChI=1S/C24H26N4O2/c1-24(2,3)26-23(29)18-8-6-7-17(14-18)22-19-13-16(15-25)10-11-20(19)28(27-22)21-9-4-5-12-30-21/h6-8,10-11,13-14,21H,4-5,9,12H2,1-3H3,(H,26,29). The maximum atomic E-state index is 12.7. The van der Waals surface area contributed by atoms with Gasteiger partial charge < -0.3 is 10.1 Å². The van der Waals surface area contributed by atoms with Crippen molar-refractivity contribution in [1.29, 1.82) is 5.26 Å². The lowest BCUT2D eigenvalue weighted by Gasteiger charge is -2.23. The Morgan fingerprint density at radius 1 is 1.23 bits per heavy atom. The molecule has 0 spiro atoms. The van der Waals surface area contributed by atoms with Crippen molar-refractivity contribution in [1.82, 2.24) is 15.1 Å². The molecule has 1 N–H and O–H groups in total. The maximum Gasteiger partial charge on any atom is 0.251 e. The zero-order valence-electron chi connectivity index (χ0n) is 17.6. The molecule has 0 saturated carbocycles. The highest BCUT2D eigenvalue weighted by atomic mass is 16.5. The molecule has 1 aliphatic heterocycles. The van der Waals surface area contributed by atoms with Crippen LogP contribution in [-0.4, -0.2) is 27.8 Å². The molecule has 1 atom stereocenters. The molecule has 0 bridgehead atoms. The number of benzene rings is 2. The zero-order chi connectivity index (χ0) is 21.3. The predicted molar refractivity (Wildman–Crippen MR) is 116 cm³/mol. The summed E-state index contributed by atoms with van der Waals surface area (Å²) < 4.78 is 7.89. The number of rotatable bonds is 3. The minimum absolute atomic E-state index is 0.115. The summed E-state index contributed by atoms with van der Waals surface area (Å²) in [4.78, 5) is 12.7. The summed E-state index contributed by atoms with van der Waals surface area (Å²) in [5.74, 6) is -0.124. The van der Waals surface area contributed by atoms with Gasteiger partial charge in [0.1, 0.15) is 5.69 Å². The van der Waals surface area contributed by atoms with Gasteiger partial charge in [0, 0.05) is 28.7 Å². The summed E-state index contributed by atoms with van der Waals surface area (Å²) in [7, 11) is 0. The molecule has 1 aliphatic rings. The van der Waals surface area contributed by atoms with Gasteiger partial charge in [0.2, 0.25) is 0 Å². The first-order chi connectivity index (χ1) is 14.4. The molecule has 2 aromatic carbocycles. The summed E-state index contributed by atoms with van der Waals surface area (Å²) >= 11 is 0. The van der Waals surface area contributed by atoms with Gasteiger partial charge in [-0.25, -0.2) is 4.68 Å². The van der Waals surface area contributed by atoms with Crippen LogP contribution in [0.1, 0.15) is 62.2 Å². The van der Waals surface area contributed by atoms with Crippen LogP contribution >= 0.6 is 0 Å². The Morgan fingerprint density at radius 2 is 2.07 bits per heavy atom. The van der Waals surface area contributed by atoms with Gasteiger partial charge in [-0.1, -0.05) is 12.1 Å². The second-order valence-electron chi connectivity index (χ2n) is 8.74. The minimum Gasteiger partial charge on any atom is -0.356 e. The number of carbonyl (C=O) groups excluding carboxylic acids is 1. The fourth-order valence-corrected chi connectivity index (χ4v) is 3.78. The first kappa shape index (κ1) is 20.1. The van der Waals surface area contributed by atoms with E-state index in [9.17, 15) is 10.1 Å². The third kappa shape index (κ3) is 4.07. The fraction of sp³-hybridized carbons (Fsp3) is 0.375. The largest absolute Gasteiger partial charge is 0.356 e. The summed E-state index contributed by atoms with van der Waals surface area (Å²) in [6.45, 7) is 6.59. The Labute approximate surface area is 176 Å². The number of hydrogen-bond acceptors (Lipinski definition) is 4. The molecule has 30 heavy (non-hydrogen) atoms. The van der Waals surface area contributed by atoms with Gasteiger partial charge in [0.15, 0.2) is 6.23 Å². The number of nitrogens with one attached hydrogen (secondary N) is 1. The van der Waals surface area contributed by atoms with Crippen molar-refractivity contribution in [2.24, 2.45) is 0 Å². The Morgan fingerprint density at radius 3 is 2.77 bits per heavy atom. The lowest BCUT2D eigenvalue weighted by Crippen LogP contribution is -2.40. The van der Waals surface area contributed by atoms with Gasteiger partial charge in [-0.05, 0) is 70.4 Å². The number of amides is 1. The highest BCUT2D eigenvalue weighted by Crippen LogP contribution is 2.33. The van der Waals surface area contributed by atoms with Crippen LogP contribution in [0.25, 0.3) is 22.2 Å². The van der Waals surface area contributed by atoms with E-state index in [1.165, 1.54) is 0 Å². The Hall–Kier alpha value is -3.17. The molecule has 0 radical (unpaired) electrons. The van der Waals surface area contributed by atoms with E-state index in [1.54, 1.807) is 12.1 Å². The average Bonchev–Trinajstić information content (AvgIpc) is 3.12. The smallest absolute Gasteiger partial charge is 0.251 e. The van der Waals surface area contributed by atoms with E-state index in [0.29, 0.717) is 11.1 Å². The van der Waals surface area contributed by atoms with Gasteiger partial charge in [-0.15, -0.1) is 0 Å². The van der Waals surface area contributed by atoms with Crippen LogP contribution in [0.4, 0.5) is 0 Å². The van der Waals surface area contributed by atoms with Crippen LogP contribution in [0.2, 0.25) is 0 Å². The molecule has 0 aliphatic carbocycles.